The Balaban J connectivity index is 1.49. The second-order valence-electron chi connectivity index (χ2n) is 6.98. The molecule has 0 aliphatic carbocycles. The van der Waals surface area contributed by atoms with E-state index in [1.807, 2.05) is 35.9 Å². The molecule has 1 fully saturated rings. The first-order valence-corrected chi connectivity index (χ1v) is 10.0. The summed E-state index contributed by atoms with van der Waals surface area (Å²) in [6.07, 6.45) is 2.38. The van der Waals surface area contributed by atoms with Gasteiger partial charge in [-0.3, -0.25) is 9.48 Å². The summed E-state index contributed by atoms with van der Waals surface area (Å²) in [5.74, 6) is 0.569. The number of thiophene rings is 1. The molecule has 0 saturated carbocycles. The Labute approximate surface area is 157 Å². The molecule has 1 aliphatic heterocycles. The normalized spacial score (nSPS) is 17.5. The van der Waals surface area contributed by atoms with E-state index in [2.05, 4.69) is 27.9 Å². The number of fused-ring (bicyclic) bond motifs is 1. The second-order valence-corrected chi connectivity index (χ2v) is 8.01. The van der Waals surface area contributed by atoms with Gasteiger partial charge in [0.25, 0.3) is 5.91 Å². The lowest BCUT2D eigenvalue weighted by atomic mass is 10.00. The van der Waals surface area contributed by atoms with Crippen LogP contribution >= 0.6 is 11.3 Å². The molecule has 0 radical (unpaired) electrons. The fraction of sp³-hybridized carbons (Fsp3) is 0.400. The third-order valence-electron chi connectivity index (χ3n) is 4.96. The van der Waals surface area contributed by atoms with Gasteiger partial charge in [-0.2, -0.15) is 5.10 Å². The number of aromatic nitrogens is 2. The lowest BCUT2D eigenvalue weighted by Crippen LogP contribution is -2.37. The molecule has 6 heteroatoms. The molecular formula is C20H24N4OS. The van der Waals surface area contributed by atoms with Gasteiger partial charge in [-0.15, -0.1) is 11.3 Å². The molecule has 0 bridgehead atoms. The monoisotopic (exact) mass is 368 g/mol. The predicted octanol–water partition coefficient (Wildman–Crippen LogP) is 3.18. The van der Waals surface area contributed by atoms with Crippen molar-refractivity contribution >= 4 is 27.5 Å². The van der Waals surface area contributed by atoms with Gasteiger partial charge in [-0.05, 0) is 50.4 Å². The molecule has 1 aromatic carbocycles. The van der Waals surface area contributed by atoms with Gasteiger partial charge in [0.05, 0.1) is 17.1 Å². The molecule has 3 heterocycles. The van der Waals surface area contributed by atoms with Crippen molar-refractivity contribution in [1.82, 2.24) is 20.4 Å². The molecule has 1 atom stereocenters. The molecule has 2 aromatic heterocycles. The van der Waals surface area contributed by atoms with Crippen LogP contribution < -0.4 is 10.6 Å². The average molecular weight is 369 g/mol. The highest BCUT2D eigenvalue weighted by Gasteiger charge is 2.18. The number of benzene rings is 1. The van der Waals surface area contributed by atoms with E-state index < -0.39 is 0 Å². The molecule has 0 spiro atoms. The largest absolute Gasteiger partial charge is 0.351 e. The quantitative estimate of drug-likeness (QED) is 0.727. The Kier molecular flexibility index (Phi) is 5.04. The van der Waals surface area contributed by atoms with Crippen LogP contribution in [-0.2, 0) is 6.54 Å². The topological polar surface area (TPSA) is 59.0 Å². The van der Waals surface area contributed by atoms with Crippen LogP contribution in [-0.4, -0.2) is 35.3 Å². The Morgan fingerprint density at radius 3 is 3.00 bits per heavy atom. The Morgan fingerprint density at radius 2 is 2.23 bits per heavy atom. The number of nitrogens with one attached hydrogen (secondary N) is 2. The van der Waals surface area contributed by atoms with Crippen LogP contribution in [0.3, 0.4) is 0 Å². The van der Waals surface area contributed by atoms with Crippen molar-refractivity contribution in [2.75, 3.05) is 19.6 Å². The van der Waals surface area contributed by atoms with Gasteiger partial charge < -0.3 is 10.6 Å². The summed E-state index contributed by atoms with van der Waals surface area (Å²) in [5.41, 5.74) is 2.18. The van der Waals surface area contributed by atoms with Crippen LogP contribution in [0, 0.1) is 12.8 Å². The summed E-state index contributed by atoms with van der Waals surface area (Å²) in [6.45, 7) is 5.57. The number of carbonyl (C=O) groups is 1. The summed E-state index contributed by atoms with van der Waals surface area (Å²) in [5, 5.41) is 12.2. The van der Waals surface area contributed by atoms with Crippen LogP contribution in [0.25, 0.3) is 10.2 Å². The summed E-state index contributed by atoms with van der Waals surface area (Å²) in [4.78, 5) is 14.4. The maximum absolute atomic E-state index is 12.6. The van der Waals surface area contributed by atoms with Crippen molar-refractivity contribution in [3.63, 3.8) is 0 Å². The van der Waals surface area contributed by atoms with Crippen LogP contribution in [0.4, 0.5) is 0 Å². The van der Waals surface area contributed by atoms with Gasteiger partial charge in [-0.25, -0.2) is 0 Å². The molecule has 1 aliphatic rings. The number of hydrogen-bond acceptors (Lipinski definition) is 4. The Morgan fingerprint density at radius 1 is 1.38 bits per heavy atom. The number of carbonyl (C=O) groups excluding carboxylic acids is 1. The fourth-order valence-corrected chi connectivity index (χ4v) is 4.59. The van der Waals surface area contributed by atoms with E-state index >= 15 is 0 Å². The van der Waals surface area contributed by atoms with E-state index in [0.29, 0.717) is 5.92 Å². The fourth-order valence-electron chi connectivity index (χ4n) is 3.51. The number of piperidine rings is 1. The Hall–Kier alpha value is -2.18. The number of aryl methyl sites for hydroxylation is 1. The average Bonchev–Trinajstić information content (AvgIpc) is 3.23. The first-order chi connectivity index (χ1) is 12.7. The summed E-state index contributed by atoms with van der Waals surface area (Å²) < 4.78 is 2.01. The van der Waals surface area contributed by atoms with Crippen LogP contribution in [0.2, 0.25) is 0 Å². The van der Waals surface area contributed by atoms with Gasteiger partial charge in [0.1, 0.15) is 4.83 Å². The van der Waals surface area contributed by atoms with Crippen molar-refractivity contribution in [2.24, 2.45) is 5.92 Å². The molecule has 2 N–H and O–H groups in total. The molecule has 4 rings (SSSR count). The van der Waals surface area contributed by atoms with E-state index in [-0.39, 0.29) is 5.91 Å². The number of amides is 1. The summed E-state index contributed by atoms with van der Waals surface area (Å²) in [6, 6.07) is 12.3. The molecule has 1 amide bonds. The van der Waals surface area contributed by atoms with Crippen LogP contribution in [0.1, 0.15) is 33.8 Å². The summed E-state index contributed by atoms with van der Waals surface area (Å²) in [7, 11) is 0. The molecule has 1 unspecified atom stereocenters. The number of nitrogens with zero attached hydrogens (tertiary/aromatic N) is 2. The van der Waals surface area contributed by atoms with Crippen molar-refractivity contribution in [3.05, 3.63) is 52.5 Å². The van der Waals surface area contributed by atoms with E-state index in [9.17, 15) is 4.79 Å². The van der Waals surface area contributed by atoms with Gasteiger partial charge >= 0.3 is 0 Å². The minimum atomic E-state index is 0.0300. The van der Waals surface area contributed by atoms with Gasteiger partial charge in [0.2, 0.25) is 0 Å². The minimum absolute atomic E-state index is 0.0300. The first kappa shape index (κ1) is 17.2. The number of rotatable bonds is 5. The van der Waals surface area contributed by atoms with Gasteiger partial charge in [-0.1, -0.05) is 30.3 Å². The zero-order chi connectivity index (χ0) is 17.9. The highest BCUT2D eigenvalue weighted by atomic mass is 32.1. The highest BCUT2D eigenvalue weighted by molar-refractivity contribution is 7.20. The molecular weight excluding hydrogens is 344 g/mol. The van der Waals surface area contributed by atoms with Crippen molar-refractivity contribution in [1.29, 1.82) is 0 Å². The third-order valence-corrected chi connectivity index (χ3v) is 6.10. The summed E-state index contributed by atoms with van der Waals surface area (Å²) >= 11 is 1.53. The zero-order valence-corrected chi connectivity index (χ0v) is 15.8. The number of hydrogen-bond donors (Lipinski definition) is 2. The van der Waals surface area contributed by atoms with Crippen molar-refractivity contribution < 1.29 is 4.79 Å². The van der Waals surface area contributed by atoms with Crippen molar-refractivity contribution in [2.45, 2.75) is 26.3 Å². The van der Waals surface area contributed by atoms with Crippen LogP contribution in [0.15, 0.2) is 36.4 Å². The van der Waals surface area contributed by atoms with E-state index in [0.717, 1.165) is 47.0 Å². The first-order valence-electron chi connectivity index (χ1n) is 9.20. The highest BCUT2D eigenvalue weighted by Crippen LogP contribution is 2.29. The second kappa shape index (κ2) is 7.60. The van der Waals surface area contributed by atoms with Gasteiger partial charge in [0, 0.05) is 11.9 Å². The molecule has 1 saturated heterocycles. The minimum Gasteiger partial charge on any atom is -0.351 e. The van der Waals surface area contributed by atoms with E-state index in [1.54, 1.807) is 0 Å². The SMILES string of the molecule is Cc1nn(Cc2ccccc2)c2sc(C(=O)NCC3CCCNC3)cc12. The molecule has 3 aromatic rings. The molecule has 136 valence electrons. The predicted molar refractivity (Wildman–Crippen MR) is 106 cm³/mol. The van der Waals surface area contributed by atoms with E-state index in [1.165, 1.54) is 29.7 Å². The molecule has 5 nitrogen and oxygen atoms in total. The zero-order valence-electron chi connectivity index (χ0n) is 15.0. The van der Waals surface area contributed by atoms with E-state index in [4.69, 9.17) is 0 Å². The van der Waals surface area contributed by atoms with Crippen molar-refractivity contribution in [3.8, 4) is 0 Å². The maximum atomic E-state index is 12.6. The maximum Gasteiger partial charge on any atom is 0.261 e. The van der Waals surface area contributed by atoms with Gasteiger partial charge in [0.15, 0.2) is 0 Å². The van der Waals surface area contributed by atoms with Crippen LogP contribution in [0.5, 0.6) is 0 Å². The lowest BCUT2D eigenvalue weighted by molar-refractivity contribution is 0.0949. The molecule has 26 heavy (non-hydrogen) atoms. The Bertz CT molecular complexity index is 893. The standard InChI is InChI=1S/C20H24N4OS/c1-14-17-10-18(19(25)22-12-16-8-5-9-21-11-16)26-20(17)24(23-14)13-15-6-3-2-4-7-15/h2-4,6-7,10,16,21H,5,8-9,11-13H2,1H3,(H,22,25). The third kappa shape index (κ3) is 3.66. The smallest absolute Gasteiger partial charge is 0.261 e. The lowest BCUT2D eigenvalue weighted by Gasteiger charge is -2.22.